The van der Waals surface area contributed by atoms with Gasteiger partial charge in [0.15, 0.2) is 0 Å². The summed E-state index contributed by atoms with van der Waals surface area (Å²) in [6.45, 7) is 7.81. The number of hydrogen-bond donors (Lipinski definition) is 2. The van der Waals surface area contributed by atoms with Gasteiger partial charge in [0, 0.05) is 20.1 Å². The van der Waals surface area contributed by atoms with Crippen LogP contribution in [0.4, 0.5) is 0 Å². The maximum absolute atomic E-state index is 12.4. The number of rotatable bonds is 4. The van der Waals surface area contributed by atoms with Crippen molar-refractivity contribution in [3.8, 4) is 0 Å². The van der Waals surface area contributed by atoms with Gasteiger partial charge in [-0.2, -0.15) is 0 Å². The Balaban J connectivity index is 2.66. The number of hydrogen-bond acceptors (Lipinski definition) is 3. The molecule has 1 aliphatic heterocycles. The first-order valence-corrected chi connectivity index (χ1v) is 6.68. The molecule has 1 fully saturated rings. The topological polar surface area (TPSA) is 61.4 Å². The van der Waals surface area contributed by atoms with E-state index in [1.54, 1.807) is 7.05 Å². The molecule has 18 heavy (non-hydrogen) atoms. The van der Waals surface area contributed by atoms with Crippen LogP contribution >= 0.6 is 0 Å². The zero-order valence-electron chi connectivity index (χ0n) is 11.9. The van der Waals surface area contributed by atoms with E-state index in [9.17, 15) is 9.59 Å². The third-order valence-electron chi connectivity index (χ3n) is 3.48. The average molecular weight is 255 g/mol. The van der Waals surface area contributed by atoms with Crippen LogP contribution in [0.1, 0.15) is 33.6 Å². The molecule has 1 atom stereocenters. The first-order valence-electron chi connectivity index (χ1n) is 6.68. The summed E-state index contributed by atoms with van der Waals surface area (Å²) in [6, 6.07) is 0. The summed E-state index contributed by atoms with van der Waals surface area (Å²) in [5, 5.41) is 5.85. The zero-order valence-corrected chi connectivity index (χ0v) is 11.9. The van der Waals surface area contributed by atoms with E-state index in [1.165, 1.54) is 0 Å². The molecule has 1 rings (SSSR count). The van der Waals surface area contributed by atoms with Crippen LogP contribution in [-0.4, -0.2) is 48.9 Å². The van der Waals surface area contributed by atoms with Gasteiger partial charge in [0.1, 0.15) is 0 Å². The molecule has 0 saturated carbocycles. The smallest absolute Gasteiger partial charge is 0.242 e. The van der Waals surface area contributed by atoms with Crippen molar-refractivity contribution >= 4 is 11.8 Å². The van der Waals surface area contributed by atoms with Crippen LogP contribution in [0.3, 0.4) is 0 Å². The van der Waals surface area contributed by atoms with Gasteiger partial charge in [-0.25, -0.2) is 0 Å². The highest BCUT2D eigenvalue weighted by molar-refractivity contribution is 5.86. The average Bonchev–Trinajstić information content (AvgIpc) is 2.37. The fourth-order valence-corrected chi connectivity index (χ4v) is 2.49. The maximum atomic E-state index is 12.4. The summed E-state index contributed by atoms with van der Waals surface area (Å²) in [7, 11) is 1.64. The van der Waals surface area contributed by atoms with E-state index in [4.69, 9.17) is 0 Å². The normalized spacial score (nSPS) is 20.7. The van der Waals surface area contributed by atoms with Crippen LogP contribution in [0.15, 0.2) is 0 Å². The fourth-order valence-electron chi connectivity index (χ4n) is 2.49. The van der Waals surface area contributed by atoms with Crippen LogP contribution in [-0.2, 0) is 9.59 Å². The molecular weight excluding hydrogens is 230 g/mol. The second-order valence-electron chi connectivity index (χ2n) is 5.36. The third kappa shape index (κ3) is 3.45. The van der Waals surface area contributed by atoms with Crippen molar-refractivity contribution in [2.24, 2.45) is 5.92 Å². The Morgan fingerprint density at radius 2 is 2.06 bits per heavy atom. The van der Waals surface area contributed by atoms with Crippen molar-refractivity contribution < 1.29 is 9.59 Å². The Morgan fingerprint density at radius 3 is 2.61 bits per heavy atom. The van der Waals surface area contributed by atoms with Crippen LogP contribution < -0.4 is 10.6 Å². The van der Waals surface area contributed by atoms with E-state index < -0.39 is 5.54 Å². The number of nitrogens with one attached hydrogen (secondary N) is 2. The van der Waals surface area contributed by atoms with Crippen LogP contribution in [0.25, 0.3) is 0 Å². The Labute approximate surface area is 109 Å². The van der Waals surface area contributed by atoms with Gasteiger partial charge < -0.3 is 15.5 Å². The van der Waals surface area contributed by atoms with Gasteiger partial charge in [-0.1, -0.05) is 6.92 Å². The van der Waals surface area contributed by atoms with Gasteiger partial charge in [-0.05, 0) is 33.2 Å². The van der Waals surface area contributed by atoms with E-state index in [2.05, 4.69) is 10.6 Å². The summed E-state index contributed by atoms with van der Waals surface area (Å²) in [6.07, 6.45) is 1.76. The van der Waals surface area contributed by atoms with E-state index in [1.807, 2.05) is 25.7 Å². The quantitative estimate of drug-likeness (QED) is 0.762. The number of amides is 2. The minimum absolute atomic E-state index is 0.0359. The second-order valence-corrected chi connectivity index (χ2v) is 5.36. The van der Waals surface area contributed by atoms with Gasteiger partial charge in [0.2, 0.25) is 11.8 Å². The number of likely N-dealkylation sites (tertiary alicyclic amines) is 1. The van der Waals surface area contributed by atoms with Crippen molar-refractivity contribution in [2.75, 3.05) is 26.7 Å². The fraction of sp³-hybridized carbons (Fsp3) is 0.846. The number of likely N-dealkylation sites (N-methyl/N-ethyl adjacent to an activating group) is 1. The van der Waals surface area contributed by atoms with Crippen molar-refractivity contribution in [1.82, 2.24) is 15.5 Å². The van der Waals surface area contributed by atoms with Crippen LogP contribution in [0, 0.1) is 5.92 Å². The minimum atomic E-state index is -0.556. The summed E-state index contributed by atoms with van der Waals surface area (Å²) in [4.78, 5) is 25.9. The summed E-state index contributed by atoms with van der Waals surface area (Å²) >= 11 is 0. The van der Waals surface area contributed by atoms with Crippen LogP contribution in [0.2, 0.25) is 0 Å². The molecule has 2 N–H and O–H groups in total. The molecule has 1 unspecified atom stereocenters. The third-order valence-corrected chi connectivity index (χ3v) is 3.48. The molecule has 0 bridgehead atoms. The summed E-state index contributed by atoms with van der Waals surface area (Å²) < 4.78 is 0. The van der Waals surface area contributed by atoms with Gasteiger partial charge in [0.05, 0.1) is 11.5 Å². The van der Waals surface area contributed by atoms with Crippen molar-refractivity contribution in [3.63, 3.8) is 0 Å². The standard InChI is InChI=1S/C13H25N3O2/c1-5-15-13(2,3)12(18)16-8-6-7-10(9-16)11(17)14-4/h10,15H,5-9H2,1-4H3,(H,14,17). The molecule has 0 aromatic carbocycles. The van der Waals surface area contributed by atoms with Gasteiger partial charge >= 0.3 is 0 Å². The molecule has 2 amide bonds. The lowest BCUT2D eigenvalue weighted by molar-refractivity contribution is -0.140. The monoisotopic (exact) mass is 255 g/mol. The molecule has 5 heteroatoms. The highest BCUT2D eigenvalue weighted by Gasteiger charge is 2.35. The van der Waals surface area contributed by atoms with Gasteiger partial charge in [-0.3, -0.25) is 9.59 Å². The molecule has 5 nitrogen and oxygen atoms in total. The number of carbonyl (C=O) groups excluding carboxylic acids is 2. The van der Waals surface area contributed by atoms with E-state index in [0.29, 0.717) is 6.54 Å². The molecule has 104 valence electrons. The van der Waals surface area contributed by atoms with E-state index in [0.717, 1.165) is 25.9 Å². The largest absolute Gasteiger partial charge is 0.359 e. The Hall–Kier alpha value is -1.10. The molecule has 1 saturated heterocycles. The highest BCUT2D eigenvalue weighted by atomic mass is 16.2. The van der Waals surface area contributed by atoms with E-state index in [-0.39, 0.29) is 17.7 Å². The molecule has 0 spiro atoms. The predicted molar refractivity (Wildman–Crippen MR) is 71.1 cm³/mol. The lowest BCUT2D eigenvalue weighted by Gasteiger charge is -2.37. The SMILES string of the molecule is CCNC(C)(C)C(=O)N1CCCC(C(=O)NC)C1. The first kappa shape index (κ1) is 15.0. The lowest BCUT2D eigenvalue weighted by Crippen LogP contribution is -2.57. The van der Waals surface area contributed by atoms with Crippen molar-refractivity contribution in [1.29, 1.82) is 0 Å². The molecule has 0 aromatic heterocycles. The molecule has 1 aliphatic rings. The van der Waals surface area contributed by atoms with Crippen molar-refractivity contribution in [2.45, 2.75) is 39.2 Å². The Bertz CT molecular complexity index is 315. The number of piperidine rings is 1. The Morgan fingerprint density at radius 1 is 1.39 bits per heavy atom. The van der Waals surface area contributed by atoms with Gasteiger partial charge in [0.25, 0.3) is 0 Å². The Kier molecular flexibility index (Phi) is 5.14. The first-order chi connectivity index (χ1) is 8.42. The van der Waals surface area contributed by atoms with E-state index >= 15 is 0 Å². The minimum Gasteiger partial charge on any atom is -0.359 e. The maximum Gasteiger partial charge on any atom is 0.242 e. The number of carbonyl (C=O) groups is 2. The summed E-state index contributed by atoms with van der Waals surface area (Å²) in [5.41, 5.74) is -0.556. The van der Waals surface area contributed by atoms with Crippen molar-refractivity contribution in [3.05, 3.63) is 0 Å². The lowest BCUT2D eigenvalue weighted by atomic mass is 9.94. The van der Waals surface area contributed by atoms with Gasteiger partial charge in [-0.15, -0.1) is 0 Å². The van der Waals surface area contributed by atoms with Crippen LogP contribution in [0.5, 0.6) is 0 Å². The molecule has 1 heterocycles. The molecule has 0 aromatic rings. The zero-order chi connectivity index (χ0) is 13.8. The second kappa shape index (κ2) is 6.18. The summed E-state index contributed by atoms with van der Waals surface area (Å²) in [5.74, 6) is 0.0526. The number of nitrogens with zero attached hydrogens (tertiary/aromatic N) is 1. The molecule has 0 aliphatic carbocycles. The molecule has 0 radical (unpaired) electrons. The molecular formula is C13H25N3O2. The predicted octanol–water partition coefficient (Wildman–Crippen LogP) is 0.359. The highest BCUT2D eigenvalue weighted by Crippen LogP contribution is 2.19.